The second-order valence-electron chi connectivity index (χ2n) is 4.94. The molecule has 0 aliphatic rings. The fourth-order valence-corrected chi connectivity index (χ4v) is 2.49. The van der Waals surface area contributed by atoms with E-state index < -0.39 is 5.97 Å². The van der Waals surface area contributed by atoms with Gasteiger partial charge in [-0.15, -0.1) is 12.4 Å². The minimum absolute atomic E-state index is 0. The fourth-order valence-electron chi connectivity index (χ4n) is 2.49. The molecule has 0 aliphatic carbocycles. The number of carboxylic acids is 1. The van der Waals surface area contributed by atoms with E-state index in [0.29, 0.717) is 22.4 Å². The van der Waals surface area contributed by atoms with Gasteiger partial charge < -0.3 is 16.6 Å². The fraction of sp³-hybridized carbons (Fsp3) is 0.188. The van der Waals surface area contributed by atoms with Gasteiger partial charge in [0, 0.05) is 5.69 Å². The molecule has 0 aliphatic heterocycles. The van der Waals surface area contributed by atoms with Gasteiger partial charge in [0.1, 0.15) is 0 Å². The second-order valence-corrected chi connectivity index (χ2v) is 4.94. The first-order chi connectivity index (χ1) is 9.41. The van der Waals surface area contributed by atoms with Crippen molar-refractivity contribution in [3.8, 4) is 0 Å². The lowest BCUT2D eigenvalue weighted by Gasteiger charge is -2.17. The number of aryl methyl sites for hydroxylation is 2. The van der Waals surface area contributed by atoms with Crippen molar-refractivity contribution in [3.05, 3.63) is 64.2 Å². The zero-order valence-electron chi connectivity index (χ0n) is 12.0. The first-order valence-electron chi connectivity index (χ1n) is 6.36. The normalized spacial score (nSPS) is 11.6. The Morgan fingerprint density at radius 2 is 1.67 bits per heavy atom. The van der Waals surface area contributed by atoms with Crippen LogP contribution in [0, 0.1) is 13.8 Å². The Balaban J connectivity index is 0.00000220. The average Bonchev–Trinajstić information content (AvgIpc) is 2.37. The molecular weight excluding hydrogens is 288 g/mol. The Morgan fingerprint density at radius 3 is 2.14 bits per heavy atom. The van der Waals surface area contributed by atoms with Crippen LogP contribution in [-0.4, -0.2) is 11.1 Å². The van der Waals surface area contributed by atoms with Crippen LogP contribution in [0.25, 0.3) is 0 Å². The van der Waals surface area contributed by atoms with Gasteiger partial charge in [-0.25, -0.2) is 4.79 Å². The molecule has 21 heavy (non-hydrogen) atoms. The van der Waals surface area contributed by atoms with Gasteiger partial charge in [0.05, 0.1) is 11.6 Å². The molecule has 2 rings (SSSR count). The van der Waals surface area contributed by atoms with Crippen LogP contribution in [0.15, 0.2) is 36.4 Å². The number of halogens is 1. The summed E-state index contributed by atoms with van der Waals surface area (Å²) in [6.45, 7) is 3.56. The minimum atomic E-state index is -0.917. The zero-order chi connectivity index (χ0) is 14.9. The van der Waals surface area contributed by atoms with Crippen molar-refractivity contribution < 1.29 is 9.90 Å². The number of aromatic carboxylic acids is 1. The van der Waals surface area contributed by atoms with Crippen molar-refractivity contribution in [1.29, 1.82) is 0 Å². The summed E-state index contributed by atoms with van der Waals surface area (Å²) in [6.07, 6.45) is 0. The van der Waals surface area contributed by atoms with Crippen molar-refractivity contribution in [2.24, 2.45) is 5.73 Å². The Labute approximate surface area is 130 Å². The molecule has 0 fully saturated rings. The maximum absolute atomic E-state index is 11.2. The third-order valence-corrected chi connectivity index (χ3v) is 3.46. The molecule has 2 aromatic rings. The smallest absolute Gasteiger partial charge is 0.336 e. The predicted molar refractivity (Wildman–Crippen MR) is 87.0 cm³/mol. The van der Waals surface area contributed by atoms with Crippen molar-refractivity contribution in [1.82, 2.24) is 0 Å². The molecular formula is C16H19ClN2O2. The van der Waals surface area contributed by atoms with Gasteiger partial charge in [-0.05, 0) is 42.2 Å². The van der Waals surface area contributed by atoms with E-state index in [1.54, 1.807) is 19.9 Å². The summed E-state index contributed by atoms with van der Waals surface area (Å²) in [6, 6.07) is 10.7. The highest BCUT2D eigenvalue weighted by molar-refractivity contribution is 5.91. The lowest BCUT2D eigenvalue weighted by atomic mass is 9.92. The van der Waals surface area contributed by atoms with E-state index in [1.807, 2.05) is 30.3 Å². The quantitative estimate of drug-likeness (QED) is 0.760. The summed E-state index contributed by atoms with van der Waals surface area (Å²) in [5.41, 5.74) is 16.3. The molecule has 5 heteroatoms. The van der Waals surface area contributed by atoms with E-state index in [1.165, 1.54) is 0 Å². The summed E-state index contributed by atoms with van der Waals surface area (Å²) in [5, 5.41) is 9.19. The first-order valence-corrected chi connectivity index (χ1v) is 6.36. The molecule has 0 radical (unpaired) electrons. The van der Waals surface area contributed by atoms with Crippen molar-refractivity contribution in [3.63, 3.8) is 0 Å². The summed E-state index contributed by atoms with van der Waals surface area (Å²) >= 11 is 0. The van der Waals surface area contributed by atoms with Crippen LogP contribution in [0.1, 0.15) is 38.7 Å². The molecule has 112 valence electrons. The van der Waals surface area contributed by atoms with Gasteiger partial charge in [-0.3, -0.25) is 0 Å². The third-order valence-electron chi connectivity index (χ3n) is 3.46. The number of carboxylic acid groups (broad SMARTS) is 1. The zero-order valence-corrected chi connectivity index (χ0v) is 12.8. The molecule has 0 amide bonds. The first kappa shape index (κ1) is 17.0. The van der Waals surface area contributed by atoms with Crippen LogP contribution in [0.2, 0.25) is 0 Å². The molecule has 5 N–H and O–H groups in total. The van der Waals surface area contributed by atoms with Crippen molar-refractivity contribution in [2.75, 3.05) is 5.73 Å². The Kier molecular flexibility index (Phi) is 5.35. The Morgan fingerprint density at radius 1 is 1.14 bits per heavy atom. The topological polar surface area (TPSA) is 89.3 Å². The number of para-hydroxylation sites is 1. The van der Waals surface area contributed by atoms with E-state index in [-0.39, 0.29) is 18.4 Å². The number of rotatable bonds is 3. The summed E-state index contributed by atoms with van der Waals surface area (Å²) in [4.78, 5) is 11.2. The highest BCUT2D eigenvalue weighted by Gasteiger charge is 2.17. The number of nitrogen functional groups attached to an aromatic ring is 1. The van der Waals surface area contributed by atoms with Gasteiger partial charge in [0.25, 0.3) is 0 Å². The molecule has 0 spiro atoms. The monoisotopic (exact) mass is 306 g/mol. The van der Waals surface area contributed by atoms with Crippen LogP contribution in [0.5, 0.6) is 0 Å². The molecule has 1 atom stereocenters. The van der Waals surface area contributed by atoms with Crippen LogP contribution in [0.3, 0.4) is 0 Å². The summed E-state index contributed by atoms with van der Waals surface area (Å²) in [5.74, 6) is -0.917. The molecule has 4 nitrogen and oxygen atoms in total. The molecule has 0 bridgehead atoms. The van der Waals surface area contributed by atoms with Gasteiger partial charge in [-0.1, -0.05) is 30.3 Å². The maximum atomic E-state index is 11.2. The predicted octanol–water partition coefficient (Wildman–Crippen LogP) is 3.05. The van der Waals surface area contributed by atoms with Crippen LogP contribution in [-0.2, 0) is 0 Å². The van der Waals surface area contributed by atoms with Crippen LogP contribution < -0.4 is 11.5 Å². The molecule has 0 saturated heterocycles. The molecule has 0 heterocycles. The second kappa shape index (κ2) is 6.61. The van der Waals surface area contributed by atoms with E-state index >= 15 is 0 Å². The Bertz CT molecular complexity index is 648. The van der Waals surface area contributed by atoms with E-state index in [0.717, 1.165) is 11.1 Å². The van der Waals surface area contributed by atoms with Crippen LogP contribution >= 0.6 is 12.4 Å². The number of carbonyl (C=O) groups is 1. The van der Waals surface area contributed by atoms with Gasteiger partial charge in [0.15, 0.2) is 0 Å². The Hall–Kier alpha value is -2.04. The van der Waals surface area contributed by atoms with Gasteiger partial charge in [0.2, 0.25) is 0 Å². The van der Waals surface area contributed by atoms with E-state index in [2.05, 4.69) is 0 Å². The van der Waals surface area contributed by atoms with Crippen molar-refractivity contribution in [2.45, 2.75) is 19.9 Å². The number of hydrogen-bond donors (Lipinski definition) is 3. The largest absolute Gasteiger partial charge is 0.478 e. The summed E-state index contributed by atoms with van der Waals surface area (Å²) in [7, 11) is 0. The molecule has 1 unspecified atom stereocenters. The third kappa shape index (κ3) is 3.35. The molecule has 0 aromatic heterocycles. The molecule has 2 aromatic carbocycles. The number of anilines is 1. The number of hydrogen-bond acceptors (Lipinski definition) is 3. The highest BCUT2D eigenvalue weighted by Crippen LogP contribution is 2.27. The minimum Gasteiger partial charge on any atom is -0.478 e. The number of nitrogens with two attached hydrogens (primary N) is 2. The van der Waals surface area contributed by atoms with E-state index in [9.17, 15) is 9.90 Å². The van der Waals surface area contributed by atoms with Gasteiger partial charge in [-0.2, -0.15) is 0 Å². The molecule has 0 saturated carbocycles. The average molecular weight is 307 g/mol. The summed E-state index contributed by atoms with van der Waals surface area (Å²) < 4.78 is 0. The number of benzene rings is 2. The maximum Gasteiger partial charge on any atom is 0.336 e. The van der Waals surface area contributed by atoms with Crippen molar-refractivity contribution >= 4 is 24.1 Å². The standard InChI is InChI=1S/C16H18N2O2.ClH/c1-9-7-11(8-10(2)14(9)16(19)20)15(18)12-5-3-4-6-13(12)17;/h3-8,15H,17-18H2,1-2H3,(H,19,20);1H. The van der Waals surface area contributed by atoms with E-state index in [4.69, 9.17) is 11.5 Å². The lowest BCUT2D eigenvalue weighted by Crippen LogP contribution is -2.15. The van der Waals surface area contributed by atoms with Crippen LogP contribution in [0.4, 0.5) is 5.69 Å². The van der Waals surface area contributed by atoms with Gasteiger partial charge >= 0.3 is 5.97 Å². The lowest BCUT2D eigenvalue weighted by molar-refractivity contribution is 0.0695. The SMILES string of the molecule is Cc1cc(C(N)c2ccccc2N)cc(C)c1C(=O)O.Cl. The highest BCUT2D eigenvalue weighted by atomic mass is 35.5.